The van der Waals surface area contributed by atoms with Gasteiger partial charge in [0.25, 0.3) is 5.91 Å². The molecule has 1 aliphatic heterocycles. The van der Waals surface area contributed by atoms with Crippen LogP contribution in [0.25, 0.3) is 0 Å². The molecule has 0 bridgehead atoms. The largest absolute Gasteiger partial charge is 0.344 e. The van der Waals surface area contributed by atoms with Gasteiger partial charge in [0.1, 0.15) is 16.2 Å². The molecule has 1 aromatic carbocycles. The van der Waals surface area contributed by atoms with Crippen molar-refractivity contribution in [3.8, 4) is 0 Å². The third kappa shape index (κ3) is 3.18. The van der Waals surface area contributed by atoms with Crippen LogP contribution in [0.3, 0.4) is 0 Å². The van der Waals surface area contributed by atoms with E-state index in [1.54, 1.807) is 0 Å². The first-order chi connectivity index (χ1) is 9.81. The van der Waals surface area contributed by atoms with Gasteiger partial charge in [0.2, 0.25) is 5.91 Å². The second-order valence-electron chi connectivity index (χ2n) is 4.22. The highest BCUT2D eigenvalue weighted by molar-refractivity contribution is 8.23. The first-order valence-corrected chi connectivity index (χ1v) is 7.13. The highest BCUT2D eigenvalue weighted by Crippen LogP contribution is 2.29. The van der Waals surface area contributed by atoms with Gasteiger partial charge in [-0.05, 0) is 0 Å². The van der Waals surface area contributed by atoms with Gasteiger partial charge in [-0.15, -0.1) is 0 Å². The number of benzene rings is 1. The summed E-state index contributed by atoms with van der Waals surface area (Å²) in [6.07, 6.45) is 0. The van der Waals surface area contributed by atoms with Gasteiger partial charge < -0.3 is 5.32 Å². The molecule has 1 atom stereocenters. The van der Waals surface area contributed by atoms with Gasteiger partial charge in [-0.2, -0.15) is 0 Å². The summed E-state index contributed by atoms with van der Waals surface area (Å²) in [5.41, 5.74) is -0.480. The van der Waals surface area contributed by atoms with Gasteiger partial charge >= 0.3 is 0 Å². The van der Waals surface area contributed by atoms with E-state index < -0.39 is 41.0 Å². The first kappa shape index (κ1) is 15.8. The molecule has 4 nitrogen and oxygen atoms in total. The Hall–Kier alpha value is -1.61. The number of hydrogen-bond donors (Lipinski definition) is 1. The fourth-order valence-electron chi connectivity index (χ4n) is 1.79. The van der Waals surface area contributed by atoms with Crippen LogP contribution in [-0.2, 0) is 9.59 Å². The molecule has 0 radical (unpaired) electrons. The molecule has 9 heteroatoms. The Morgan fingerprint density at radius 3 is 2.57 bits per heavy atom. The number of carbonyl (C=O) groups excluding carboxylic acids is 2. The van der Waals surface area contributed by atoms with Gasteiger partial charge in [-0.3, -0.25) is 14.5 Å². The molecule has 1 unspecified atom stereocenters. The fraction of sp³-hybridized carbons (Fsp3) is 0.250. The van der Waals surface area contributed by atoms with Crippen LogP contribution < -0.4 is 10.2 Å². The zero-order chi connectivity index (χ0) is 15.7. The summed E-state index contributed by atoms with van der Waals surface area (Å²) in [6.45, 7) is 1.23. The summed E-state index contributed by atoms with van der Waals surface area (Å²) in [5.74, 6) is -4.72. The van der Waals surface area contributed by atoms with Crippen molar-refractivity contribution >= 4 is 45.8 Å². The maximum atomic E-state index is 13.8. The molecule has 1 saturated heterocycles. The number of thioether (sulfide) groups is 1. The molecule has 2 rings (SSSR count). The van der Waals surface area contributed by atoms with Crippen LogP contribution in [0.1, 0.15) is 6.92 Å². The van der Waals surface area contributed by atoms with Crippen molar-refractivity contribution in [2.45, 2.75) is 13.0 Å². The van der Waals surface area contributed by atoms with E-state index in [0.29, 0.717) is 12.1 Å². The number of rotatable bonds is 2. The van der Waals surface area contributed by atoms with Gasteiger partial charge in [0.05, 0.1) is 5.69 Å². The number of carbonyl (C=O) groups is 2. The molecular formula is C12H9F3N2O2S2. The van der Waals surface area contributed by atoms with Gasteiger partial charge in [0, 0.05) is 24.8 Å². The molecule has 112 valence electrons. The molecular weight excluding hydrogens is 325 g/mol. The normalized spacial score (nSPS) is 18.9. The van der Waals surface area contributed by atoms with Crippen molar-refractivity contribution in [1.29, 1.82) is 0 Å². The number of hydrogen-bond acceptors (Lipinski definition) is 4. The Morgan fingerprint density at radius 1 is 1.33 bits per heavy atom. The zero-order valence-corrected chi connectivity index (χ0v) is 12.3. The molecule has 2 amide bonds. The van der Waals surface area contributed by atoms with Crippen LogP contribution in [0, 0.1) is 17.5 Å². The number of nitrogens with zero attached hydrogens (tertiary/aromatic N) is 1. The first-order valence-electron chi connectivity index (χ1n) is 5.73. The van der Waals surface area contributed by atoms with E-state index in [9.17, 15) is 22.8 Å². The molecule has 1 heterocycles. The Bertz CT molecular complexity index is 639. The zero-order valence-electron chi connectivity index (χ0n) is 10.7. The quantitative estimate of drug-likeness (QED) is 0.664. The smallest absolute Gasteiger partial charge is 0.256 e. The third-order valence-corrected chi connectivity index (χ3v) is 4.15. The summed E-state index contributed by atoms with van der Waals surface area (Å²) in [7, 11) is 0. The third-order valence-electron chi connectivity index (χ3n) is 2.68. The SMILES string of the molecule is CC(=O)NC1CSC(=S)N(c2cc(F)c(F)cc2F)C1=O. The number of halogens is 3. The van der Waals surface area contributed by atoms with Crippen molar-refractivity contribution in [1.82, 2.24) is 5.32 Å². The van der Waals surface area contributed by atoms with Crippen molar-refractivity contribution in [2.75, 3.05) is 10.7 Å². The predicted molar refractivity (Wildman–Crippen MR) is 76.5 cm³/mol. The minimum absolute atomic E-state index is 0.00603. The minimum atomic E-state index is -1.36. The number of nitrogens with one attached hydrogen (secondary N) is 1. The standard InChI is InChI=1S/C12H9F3N2O2S2/c1-5(18)16-9-4-21-12(20)17(11(9)19)10-3-7(14)6(13)2-8(10)15/h2-3,9H,4H2,1H3,(H,16,18). The monoisotopic (exact) mass is 334 g/mol. The molecule has 21 heavy (non-hydrogen) atoms. The topological polar surface area (TPSA) is 49.4 Å². The highest BCUT2D eigenvalue weighted by Gasteiger charge is 2.36. The Morgan fingerprint density at radius 2 is 1.95 bits per heavy atom. The van der Waals surface area contributed by atoms with E-state index in [-0.39, 0.29) is 10.1 Å². The molecule has 1 aliphatic rings. The van der Waals surface area contributed by atoms with E-state index in [2.05, 4.69) is 5.32 Å². The lowest BCUT2D eigenvalue weighted by atomic mass is 10.2. The minimum Gasteiger partial charge on any atom is -0.344 e. The van der Waals surface area contributed by atoms with Crippen molar-refractivity contribution < 1.29 is 22.8 Å². The summed E-state index contributed by atoms with van der Waals surface area (Å²) >= 11 is 5.99. The molecule has 0 saturated carbocycles. The van der Waals surface area contributed by atoms with E-state index >= 15 is 0 Å². The average molecular weight is 334 g/mol. The van der Waals surface area contributed by atoms with Crippen LogP contribution in [0.15, 0.2) is 12.1 Å². The van der Waals surface area contributed by atoms with Crippen LogP contribution in [0.2, 0.25) is 0 Å². The van der Waals surface area contributed by atoms with Crippen molar-refractivity contribution in [3.05, 3.63) is 29.6 Å². The maximum Gasteiger partial charge on any atom is 0.256 e. The molecule has 1 N–H and O–H groups in total. The summed E-state index contributed by atoms with van der Waals surface area (Å²) in [4.78, 5) is 24.1. The number of thiocarbonyl (C=S) groups is 1. The second kappa shape index (κ2) is 6.02. The summed E-state index contributed by atoms with van der Waals surface area (Å²) in [6, 6.07) is -0.00885. The van der Waals surface area contributed by atoms with Crippen LogP contribution in [0.5, 0.6) is 0 Å². The lowest BCUT2D eigenvalue weighted by Crippen LogP contribution is -2.54. The Labute approximate surface area is 127 Å². The van der Waals surface area contributed by atoms with E-state index in [1.165, 1.54) is 6.92 Å². The van der Waals surface area contributed by atoms with Gasteiger partial charge in [0.15, 0.2) is 11.6 Å². The average Bonchev–Trinajstić information content (AvgIpc) is 2.38. The van der Waals surface area contributed by atoms with Crippen molar-refractivity contribution in [3.63, 3.8) is 0 Å². The molecule has 1 fully saturated rings. The number of amides is 2. The Kier molecular flexibility index (Phi) is 4.52. The van der Waals surface area contributed by atoms with Crippen LogP contribution >= 0.6 is 24.0 Å². The van der Waals surface area contributed by atoms with Gasteiger partial charge in [-0.25, -0.2) is 13.2 Å². The molecule has 0 aliphatic carbocycles. The highest BCUT2D eigenvalue weighted by atomic mass is 32.2. The molecule has 1 aromatic rings. The molecule has 0 aromatic heterocycles. The summed E-state index contributed by atoms with van der Waals surface area (Å²) in [5, 5.41) is 2.40. The summed E-state index contributed by atoms with van der Waals surface area (Å²) < 4.78 is 40.0. The number of anilines is 1. The van der Waals surface area contributed by atoms with E-state index in [0.717, 1.165) is 16.7 Å². The second-order valence-corrected chi connectivity index (χ2v) is 5.88. The van der Waals surface area contributed by atoms with Crippen LogP contribution in [0.4, 0.5) is 18.9 Å². The van der Waals surface area contributed by atoms with E-state index in [1.807, 2.05) is 0 Å². The lowest BCUT2D eigenvalue weighted by molar-refractivity contribution is -0.125. The van der Waals surface area contributed by atoms with Crippen LogP contribution in [-0.4, -0.2) is 27.9 Å². The Balaban J connectivity index is 2.40. The fourth-order valence-corrected chi connectivity index (χ4v) is 3.03. The predicted octanol–water partition coefficient (Wildman–Crippen LogP) is 1.97. The molecule has 0 spiro atoms. The van der Waals surface area contributed by atoms with Crippen molar-refractivity contribution in [2.24, 2.45) is 0 Å². The maximum absolute atomic E-state index is 13.8. The van der Waals surface area contributed by atoms with E-state index in [4.69, 9.17) is 12.2 Å². The lowest BCUT2D eigenvalue weighted by Gasteiger charge is -2.32. The van der Waals surface area contributed by atoms with Gasteiger partial charge in [-0.1, -0.05) is 24.0 Å².